The first-order valence-corrected chi connectivity index (χ1v) is 7.56. The molecule has 0 unspecified atom stereocenters. The first-order valence-electron chi connectivity index (χ1n) is 7.56. The lowest BCUT2D eigenvalue weighted by Gasteiger charge is -2.71. The predicted molar refractivity (Wildman–Crippen MR) is 79.1 cm³/mol. The van der Waals surface area contributed by atoms with Crippen molar-refractivity contribution in [2.75, 3.05) is 13.2 Å². The van der Waals surface area contributed by atoms with Gasteiger partial charge in [0.05, 0.1) is 24.0 Å². The number of hydrogen-bond donors (Lipinski definition) is 0. The smallest absolute Gasteiger partial charge is 0.168 e. The van der Waals surface area contributed by atoms with E-state index in [2.05, 4.69) is 26.3 Å². The van der Waals surface area contributed by atoms with Crippen LogP contribution in [0.15, 0.2) is 48.6 Å². The van der Waals surface area contributed by atoms with Crippen LogP contribution in [0.1, 0.15) is 32.1 Å². The maximum Gasteiger partial charge on any atom is 0.168 e. The quantitative estimate of drug-likeness (QED) is 0.664. The molecule has 20 heavy (non-hydrogen) atoms. The summed E-state index contributed by atoms with van der Waals surface area (Å²) in [5.41, 5.74) is 3.94. The van der Waals surface area contributed by atoms with E-state index in [-0.39, 0.29) is 16.6 Å². The second-order valence-corrected chi connectivity index (χ2v) is 6.77. The lowest BCUT2D eigenvalue weighted by Crippen LogP contribution is -2.68. The van der Waals surface area contributed by atoms with Crippen molar-refractivity contribution < 1.29 is 9.47 Å². The molecular formula is C18H22O2. The third-order valence-corrected chi connectivity index (χ3v) is 6.24. The summed E-state index contributed by atoms with van der Waals surface area (Å²) >= 11 is 0. The number of hydrogen-bond acceptors (Lipinski definition) is 2. The highest BCUT2D eigenvalue weighted by Gasteiger charge is 2.76. The zero-order valence-electron chi connectivity index (χ0n) is 12.1. The Hall–Kier alpha value is -1.12. The second-order valence-electron chi connectivity index (χ2n) is 6.77. The van der Waals surface area contributed by atoms with Crippen molar-refractivity contribution in [3.05, 3.63) is 48.6 Å². The molecule has 3 aliphatic carbocycles. The molecule has 4 aliphatic rings. The molecule has 0 bridgehead atoms. The van der Waals surface area contributed by atoms with Crippen LogP contribution < -0.4 is 0 Å². The van der Waals surface area contributed by atoms with Crippen molar-refractivity contribution in [1.82, 2.24) is 0 Å². The van der Waals surface area contributed by atoms with E-state index < -0.39 is 0 Å². The number of rotatable bonds is 0. The van der Waals surface area contributed by atoms with Gasteiger partial charge in [-0.15, -0.1) is 0 Å². The molecule has 0 atom stereocenters. The van der Waals surface area contributed by atoms with Crippen molar-refractivity contribution >= 4 is 0 Å². The van der Waals surface area contributed by atoms with Gasteiger partial charge in [0.25, 0.3) is 0 Å². The van der Waals surface area contributed by atoms with Crippen molar-refractivity contribution in [2.24, 2.45) is 10.8 Å². The van der Waals surface area contributed by atoms with E-state index in [1.807, 2.05) is 0 Å². The molecule has 0 aromatic carbocycles. The van der Waals surface area contributed by atoms with Crippen molar-refractivity contribution in [1.29, 1.82) is 0 Å². The average Bonchev–Trinajstić information content (AvgIpc) is 2.58. The lowest BCUT2D eigenvalue weighted by atomic mass is 9.31. The van der Waals surface area contributed by atoms with Crippen LogP contribution in [-0.2, 0) is 9.47 Å². The van der Waals surface area contributed by atoms with E-state index in [1.165, 1.54) is 19.3 Å². The summed E-state index contributed by atoms with van der Waals surface area (Å²) < 4.78 is 12.6. The molecular weight excluding hydrogens is 248 g/mol. The molecule has 4 fully saturated rings. The molecule has 4 rings (SSSR count). The molecule has 1 aliphatic heterocycles. The van der Waals surface area contributed by atoms with E-state index in [0.717, 1.165) is 35.1 Å². The Kier molecular flexibility index (Phi) is 2.24. The first-order chi connectivity index (χ1) is 9.50. The summed E-state index contributed by atoms with van der Waals surface area (Å²) in [5, 5.41) is 0. The summed E-state index contributed by atoms with van der Waals surface area (Å²) in [6.45, 7) is 18.1. The second kappa shape index (κ2) is 3.55. The van der Waals surface area contributed by atoms with Gasteiger partial charge >= 0.3 is 0 Å². The fraction of sp³-hybridized carbons (Fsp3) is 0.556. The van der Waals surface area contributed by atoms with Crippen LogP contribution in [0.2, 0.25) is 0 Å². The lowest BCUT2D eigenvalue weighted by molar-refractivity contribution is -0.243. The van der Waals surface area contributed by atoms with Crippen molar-refractivity contribution in [3.8, 4) is 0 Å². The monoisotopic (exact) mass is 270 g/mol. The Bertz CT molecular complexity index is 488. The van der Waals surface area contributed by atoms with Gasteiger partial charge < -0.3 is 9.47 Å². The fourth-order valence-corrected chi connectivity index (χ4v) is 4.80. The predicted octanol–water partition coefficient (Wildman–Crippen LogP) is 3.92. The summed E-state index contributed by atoms with van der Waals surface area (Å²) in [5.74, 6) is -0.388. The van der Waals surface area contributed by atoms with Gasteiger partial charge in [-0.05, 0) is 35.1 Å². The SMILES string of the molecule is C=C1C(=C)C23COC4(CCCCC4)OCC12C(=C)C3=C. The summed E-state index contributed by atoms with van der Waals surface area (Å²) in [7, 11) is 0. The molecule has 2 heteroatoms. The van der Waals surface area contributed by atoms with Gasteiger partial charge in [0, 0.05) is 12.8 Å². The Morgan fingerprint density at radius 2 is 1.05 bits per heavy atom. The largest absolute Gasteiger partial charge is 0.349 e. The first kappa shape index (κ1) is 12.6. The van der Waals surface area contributed by atoms with Gasteiger partial charge in [0.2, 0.25) is 0 Å². The maximum atomic E-state index is 6.30. The Morgan fingerprint density at radius 1 is 0.650 bits per heavy atom. The molecule has 1 spiro atoms. The molecule has 0 N–H and O–H groups in total. The average molecular weight is 270 g/mol. The van der Waals surface area contributed by atoms with E-state index >= 15 is 0 Å². The highest BCUT2D eigenvalue weighted by Crippen LogP contribution is 2.80. The third-order valence-electron chi connectivity index (χ3n) is 6.24. The molecule has 0 amide bonds. The minimum Gasteiger partial charge on any atom is -0.349 e. The highest BCUT2D eigenvalue weighted by molar-refractivity contribution is 5.76. The van der Waals surface area contributed by atoms with Crippen LogP contribution >= 0.6 is 0 Å². The topological polar surface area (TPSA) is 18.5 Å². The normalized spacial score (nSPS) is 42.4. The Balaban J connectivity index is 1.73. The van der Waals surface area contributed by atoms with Gasteiger partial charge in [-0.25, -0.2) is 0 Å². The van der Waals surface area contributed by atoms with Crippen LogP contribution in [0.3, 0.4) is 0 Å². The maximum absolute atomic E-state index is 6.30. The third kappa shape index (κ3) is 1.04. The van der Waals surface area contributed by atoms with Gasteiger partial charge in [-0.2, -0.15) is 0 Å². The molecule has 1 heterocycles. The van der Waals surface area contributed by atoms with Crippen LogP contribution in [-0.4, -0.2) is 19.0 Å². The van der Waals surface area contributed by atoms with Gasteiger partial charge in [0.15, 0.2) is 5.79 Å². The standard InChI is InChI=1S/C18H22O2/c1-12-13(2)18-11-20-16(8-6-5-7-9-16)19-10-17(12,18)14(3)15(18)4/h1-11H2. The summed E-state index contributed by atoms with van der Waals surface area (Å²) in [6.07, 6.45) is 5.64. The minimum atomic E-state index is -0.388. The van der Waals surface area contributed by atoms with Crippen molar-refractivity contribution in [2.45, 2.75) is 37.9 Å². The minimum absolute atomic E-state index is 0.178. The molecule has 0 radical (unpaired) electrons. The van der Waals surface area contributed by atoms with Crippen LogP contribution in [0.5, 0.6) is 0 Å². The van der Waals surface area contributed by atoms with E-state index in [4.69, 9.17) is 9.47 Å². The fourth-order valence-electron chi connectivity index (χ4n) is 4.80. The number of ether oxygens (including phenoxy) is 2. The summed E-state index contributed by atoms with van der Waals surface area (Å²) in [6, 6.07) is 0. The van der Waals surface area contributed by atoms with Gasteiger partial charge in [-0.3, -0.25) is 0 Å². The van der Waals surface area contributed by atoms with Gasteiger partial charge in [-0.1, -0.05) is 32.7 Å². The van der Waals surface area contributed by atoms with Crippen LogP contribution in [0, 0.1) is 10.8 Å². The molecule has 106 valence electrons. The van der Waals surface area contributed by atoms with Crippen LogP contribution in [0.4, 0.5) is 0 Å². The molecule has 0 aromatic rings. The zero-order chi connectivity index (χ0) is 14.2. The Labute approximate surface area is 120 Å². The Morgan fingerprint density at radius 3 is 1.45 bits per heavy atom. The molecule has 2 nitrogen and oxygen atoms in total. The highest BCUT2D eigenvalue weighted by atomic mass is 16.7. The molecule has 1 saturated heterocycles. The van der Waals surface area contributed by atoms with Gasteiger partial charge in [0.1, 0.15) is 0 Å². The van der Waals surface area contributed by atoms with E-state index in [9.17, 15) is 0 Å². The van der Waals surface area contributed by atoms with Crippen molar-refractivity contribution in [3.63, 3.8) is 0 Å². The van der Waals surface area contributed by atoms with Crippen LogP contribution in [0.25, 0.3) is 0 Å². The molecule has 0 aromatic heterocycles. The summed E-state index contributed by atoms with van der Waals surface area (Å²) in [4.78, 5) is 0. The molecule has 3 saturated carbocycles. The zero-order valence-corrected chi connectivity index (χ0v) is 12.1. The van der Waals surface area contributed by atoms with E-state index in [0.29, 0.717) is 13.2 Å². The van der Waals surface area contributed by atoms with E-state index in [1.54, 1.807) is 0 Å².